The van der Waals surface area contributed by atoms with E-state index in [-0.39, 0.29) is 31.1 Å². The molecular weight excluding hydrogens is 829 g/mol. The molecule has 67 heavy (non-hydrogen) atoms. The summed E-state index contributed by atoms with van der Waals surface area (Å²) in [6.45, 7) is 6.35. The van der Waals surface area contributed by atoms with E-state index < -0.39 is 6.10 Å². The quantitative estimate of drug-likeness (QED) is 0.0199. The van der Waals surface area contributed by atoms with Crippen LogP contribution in [0.4, 0.5) is 0 Å². The van der Waals surface area contributed by atoms with Gasteiger partial charge in [0.1, 0.15) is 13.2 Å². The van der Waals surface area contributed by atoms with Crippen LogP contribution in [-0.4, -0.2) is 37.2 Å². The Labute approximate surface area is 413 Å². The Morgan fingerprint density at radius 2 is 0.657 bits per heavy atom. The van der Waals surface area contributed by atoms with E-state index in [9.17, 15) is 14.4 Å². The predicted molar refractivity (Wildman–Crippen MR) is 288 cm³/mol. The molecule has 0 radical (unpaired) electrons. The highest BCUT2D eigenvalue weighted by atomic mass is 16.6. The number of esters is 3. The van der Waals surface area contributed by atoms with Crippen LogP contribution in [0.1, 0.15) is 252 Å². The number of ether oxygens (including phenoxy) is 3. The zero-order chi connectivity index (χ0) is 48.6. The first-order valence-corrected chi connectivity index (χ1v) is 27.8. The molecule has 0 aromatic rings. The summed E-state index contributed by atoms with van der Waals surface area (Å²) in [7, 11) is 0. The second kappa shape index (κ2) is 54.9. The van der Waals surface area contributed by atoms with E-state index >= 15 is 0 Å². The van der Waals surface area contributed by atoms with Gasteiger partial charge in [-0.2, -0.15) is 0 Å². The molecule has 0 saturated heterocycles. The van der Waals surface area contributed by atoms with Crippen molar-refractivity contribution in [1.82, 2.24) is 0 Å². The topological polar surface area (TPSA) is 78.9 Å². The van der Waals surface area contributed by atoms with Crippen molar-refractivity contribution in [1.29, 1.82) is 0 Å². The van der Waals surface area contributed by atoms with Crippen LogP contribution in [0.5, 0.6) is 0 Å². The smallest absolute Gasteiger partial charge is 0.306 e. The molecule has 0 bridgehead atoms. The molecular formula is C61H102O6. The number of hydrogen-bond acceptors (Lipinski definition) is 6. The van der Waals surface area contributed by atoms with E-state index in [0.29, 0.717) is 19.3 Å². The van der Waals surface area contributed by atoms with Gasteiger partial charge in [0.15, 0.2) is 6.10 Å². The lowest BCUT2D eigenvalue weighted by Gasteiger charge is -2.18. The van der Waals surface area contributed by atoms with Crippen LogP contribution in [0.15, 0.2) is 97.2 Å². The van der Waals surface area contributed by atoms with Crippen molar-refractivity contribution in [3.8, 4) is 0 Å². The monoisotopic (exact) mass is 931 g/mol. The largest absolute Gasteiger partial charge is 0.462 e. The second-order valence-corrected chi connectivity index (χ2v) is 18.2. The highest BCUT2D eigenvalue weighted by molar-refractivity contribution is 5.71. The van der Waals surface area contributed by atoms with Crippen molar-refractivity contribution in [3.63, 3.8) is 0 Å². The van der Waals surface area contributed by atoms with Gasteiger partial charge in [-0.05, 0) is 77.0 Å². The van der Waals surface area contributed by atoms with Crippen molar-refractivity contribution in [3.05, 3.63) is 97.2 Å². The standard InChI is InChI=1S/C61H102O6/c1-4-7-10-13-16-19-22-25-27-29-30-32-33-36-39-42-45-48-51-54-60(63)66-57-58(56-65-59(62)53-50-47-44-41-38-35-24-21-18-15-12-9-6-3)67-61(64)55-52-49-46-43-40-37-34-31-28-26-23-20-17-14-11-8-5-2/h7,9-10,12,15-16,18-19,21,24-25,27,30,32,35,38,58H,4-6,8,11,13-14,17,20,22-23,26,28-29,31,33-34,36-37,39-57H2,1-3H3/b10-7+,12-9+,18-15+,19-16+,24-21+,27-25+,32-30+,38-35+. The Kier molecular flexibility index (Phi) is 51.9. The van der Waals surface area contributed by atoms with Gasteiger partial charge in [0, 0.05) is 19.3 Å². The first kappa shape index (κ1) is 63.3. The van der Waals surface area contributed by atoms with E-state index in [2.05, 4.69) is 87.6 Å². The molecule has 0 fully saturated rings. The Balaban J connectivity index is 4.43. The lowest BCUT2D eigenvalue weighted by molar-refractivity contribution is -0.167. The summed E-state index contributed by atoms with van der Waals surface area (Å²) in [5.74, 6) is -0.946. The Bertz CT molecular complexity index is 1350. The Hall–Kier alpha value is -3.67. The third kappa shape index (κ3) is 53.2. The van der Waals surface area contributed by atoms with Gasteiger partial charge >= 0.3 is 17.9 Å². The molecule has 0 amide bonds. The minimum absolute atomic E-state index is 0.0970. The van der Waals surface area contributed by atoms with Crippen LogP contribution in [0.25, 0.3) is 0 Å². The molecule has 0 heterocycles. The van der Waals surface area contributed by atoms with E-state index in [4.69, 9.17) is 14.2 Å². The van der Waals surface area contributed by atoms with Crippen molar-refractivity contribution >= 4 is 17.9 Å². The molecule has 6 heteroatoms. The zero-order valence-electron chi connectivity index (χ0n) is 43.6. The maximum absolute atomic E-state index is 12.8. The summed E-state index contributed by atoms with van der Waals surface area (Å²) >= 11 is 0. The van der Waals surface area contributed by atoms with Crippen LogP contribution >= 0.6 is 0 Å². The molecule has 382 valence electrons. The fourth-order valence-electron chi connectivity index (χ4n) is 7.56. The van der Waals surface area contributed by atoms with Gasteiger partial charge in [-0.3, -0.25) is 14.4 Å². The highest BCUT2D eigenvalue weighted by Crippen LogP contribution is 2.16. The van der Waals surface area contributed by atoms with Crippen LogP contribution in [-0.2, 0) is 28.6 Å². The summed E-state index contributed by atoms with van der Waals surface area (Å²) in [5.41, 5.74) is 0. The number of allylic oxidation sites excluding steroid dienone is 16. The lowest BCUT2D eigenvalue weighted by Crippen LogP contribution is -2.30. The average molecular weight is 931 g/mol. The van der Waals surface area contributed by atoms with E-state index in [0.717, 1.165) is 109 Å². The van der Waals surface area contributed by atoms with Crippen LogP contribution < -0.4 is 0 Å². The Morgan fingerprint density at radius 3 is 1.10 bits per heavy atom. The molecule has 0 aliphatic rings. The molecule has 1 unspecified atom stereocenters. The van der Waals surface area contributed by atoms with Gasteiger partial charge in [-0.15, -0.1) is 0 Å². The zero-order valence-corrected chi connectivity index (χ0v) is 43.6. The molecule has 0 aliphatic carbocycles. The molecule has 0 N–H and O–H groups in total. The first-order valence-electron chi connectivity index (χ1n) is 27.8. The molecule has 6 nitrogen and oxygen atoms in total. The number of carbonyl (C=O) groups excluding carboxylic acids is 3. The third-order valence-electron chi connectivity index (χ3n) is 11.7. The third-order valence-corrected chi connectivity index (χ3v) is 11.7. The van der Waals surface area contributed by atoms with Crippen LogP contribution in [0.3, 0.4) is 0 Å². The van der Waals surface area contributed by atoms with Gasteiger partial charge in [0.05, 0.1) is 0 Å². The normalized spacial score (nSPS) is 12.8. The van der Waals surface area contributed by atoms with Gasteiger partial charge in [-0.1, -0.05) is 253 Å². The van der Waals surface area contributed by atoms with E-state index in [1.807, 2.05) is 30.4 Å². The minimum Gasteiger partial charge on any atom is -0.462 e. The summed E-state index contributed by atoms with van der Waals surface area (Å²) in [4.78, 5) is 38.1. The van der Waals surface area contributed by atoms with Gasteiger partial charge in [0.25, 0.3) is 0 Å². The summed E-state index contributed by atoms with van der Waals surface area (Å²) in [5, 5.41) is 0. The fourth-order valence-corrected chi connectivity index (χ4v) is 7.56. The number of unbranched alkanes of at least 4 members (excludes halogenated alkanes) is 25. The van der Waals surface area contributed by atoms with Crippen molar-refractivity contribution in [2.24, 2.45) is 0 Å². The predicted octanol–water partition coefficient (Wildman–Crippen LogP) is 18.5. The molecule has 0 rings (SSSR count). The maximum Gasteiger partial charge on any atom is 0.306 e. The highest BCUT2D eigenvalue weighted by Gasteiger charge is 2.19. The molecule has 0 aliphatic heterocycles. The number of carbonyl (C=O) groups is 3. The van der Waals surface area contributed by atoms with E-state index in [1.54, 1.807) is 0 Å². The Morgan fingerprint density at radius 1 is 0.328 bits per heavy atom. The van der Waals surface area contributed by atoms with Gasteiger partial charge in [-0.25, -0.2) is 0 Å². The molecule has 1 atom stereocenters. The van der Waals surface area contributed by atoms with Gasteiger partial charge in [0.2, 0.25) is 0 Å². The van der Waals surface area contributed by atoms with Crippen molar-refractivity contribution in [2.75, 3.05) is 13.2 Å². The van der Waals surface area contributed by atoms with Crippen LogP contribution in [0.2, 0.25) is 0 Å². The first-order chi connectivity index (χ1) is 33.0. The lowest BCUT2D eigenvalue weighted by atomic mass is 10.0. The number of hydrogen-bond donors (Lipinski definition) is 0. The fraction of sp³-hybridized carbons (Fsp3) is 0.689. The molecule has 0 spiro atoms. The number of rotatable bonds is 49. The minimum atomic E-state index is -0.799. The summed E-state index contributed by atoms with van der Waals surface area (Å²) in [6.07, 6.45) is 72.5. The SMILES string of the molecule is CC/C=C/C=C/C=C/C=C/CCCCCC(=O)OCC(COC(=O)CCCCCCCC/C=C/C/C=C/C/C=C/C/C=C/CC)OC(=O)CCCCCCCCCCCCCCCCCCC. The summed E-state index contributed by atoms with van der Waals surface area (Å²) in [6, 6.07) is 0. The molecule has 0 aromatic carbocycles. The van der Waals surface area contributed by atoms with Crippen molar-refractivity contribution < 1.29 is 28.6 Å². The van der Waals surface area contributed by atoms with Crippen molar-refractivity contribution in [2.45, 2.75) is 258 Å². The molecule has 0 aromatic heterocycles. The molecule has 0 saturated carbocycles. The average Bonchev–Trinajstić information content (AvgIpc) is 3.33. The maximum atomic E-state index is 12.8. The van der Waals surface area contributed by atoms with E-state index in [1.165, 1.54) is 103 Å². The van der Waals surface area contributed by atoms with Crippen LogP contribution in [0, 0.1) is 0 Å². The second-order valence-electron chi connectivity index (χ2n) is 18.2. The van der Waals surface area contributed by atoms with Gasteiger partial charge < -0.3 is 14.2 Å². The summed E-state index contributed by atoms with van der Waals surface area (Å²) < 4.78 is 16.8.